The Balaban J connectivity index is 1.32. The third-order valence-electron chi connectivity index (χ3n) is 5.33. The summed E-state index contributed by atoms with van der Waals surface area (Å²) < 4.78 is 5.31. The molecule has 126 valence electrons. The molecule has 4 heteroatoms. The topological polar surface area (TPSA) is 50.4 Å². The second-order valence-corrected chi connectivity index (χ2v) is 8.64. The molecule has 0 aliphatic heterocycles. The van der Waals surface area contributed by atoms with Crippen LogP contribution in [-0.2, 0) is 4.74 Å². The summed E-state index contributed by atoms with van der Waals surface area (Å²) in [7, 11) is 0. The van der Waals surface area contributed by atoms with Crippen molar-refractivity contribution in [2.24, 2.45) is 11.8 Å². The molecule has 3 saturated carbocycles. The standard InChI is InChI=1S/C18H32N2O2/c1-18(2,3)22-17(21)20-16-10-15(11-16)19-14-6-4-5-13(9-14)12-7-8-12/h12-16,19H,4-11H2,1-3H3,(H,20,21). The van der Waals surface area contributed by atoms with Crippen molar-refractivity contribution in [2.45, 2.75) is 95.9 Å². The van der Waals surface area contributed by atoms with Gasteiger partial charge in [0.15, 0.2) is 0 Å². The van der Waals surface area contributed by atoms with E-state index in [0.717, 1.165) is 24.7 Å². The number of rotatable bonds is 4. The van der Waals surface area contributed by atoms with Crippen LogP contribution in [-0.4, -0.2) is 29.8 Å². The first-order valence-corrected chi connectivity index (χ1v) is 9.14. The van der Waals surface area contributed by atoms with Crippen molar-refractivity contribution in [3.05, 3.63) is 0 Å². The van der Waals surface area contributed by atoms with Gasteiger partial charge < -0.3 is 15.4 Å². The number of alkyl carbamates (subject to hydrolysis) is 1. The normalized spacial score (nSPS) is 35.6. The number of ether oxygens (including phenoxy) is 1. The van der Waals surface area contributed by atoms with E-state index in [0.29, 0.717) is 12.1 Å². The number of nitrogens with one attached hydrogen (secondary N) is 2. The van der Waals surface area contributed by atoms with E-state index < -0.39 is 5.60 Å². The van der Waals surface area contributed by atoms with Crippen molar-refractivity contribution >= 4 is 6.09 Å². The van der Waals surface area contributed by atoms with Crippen LogP contribution in [0.3, 0.4) is 0 Å². The van der Waals surface area contributed by atoms with Crippen molar-refractivity contribution in [1.82, 2.24) is 10.6 Å². The van der Waals surface area contributed by atoms with Gasteiger partial charge in [-0.05, 0) is 71.1 Å². The number of carbonyl (C=O) groups is 1. The van der Waals surface area contributed by atoms with Crippen LogP contribution in [0.1, 0.15) is 72.1 Å². The fourth-order valence-electron chi connectivity index (χ4n) is 4.05. The predicted octanol–water partition coefficient (Wildman–Crippen LogP) is 3.60. The van der Waals surface area contributed by atoms with Crippen LogP contribution in [0, 0.1) is 11.8 Å². The molecule has 0 saturated heterocycles. The van der Waals surface area contributed by atoms with E-state index in [2.05, 4.69) is 10.6 Å². The summed E-state index contributed by atoms with van der Waals surface area (Å²) in [5.41, 5.74) is -0.411. The summed E-state index contributed by atoms with van der Waals surface area (Å²) in [6, 6.07) is 1.59. The Morgan fingerprint density at radius 1 is 0.909 bits per heavy atom. The van der Waals surface area contributed by atoms with Crippen molar-refractivity contribution < 1.29 is 9.53 Å². The van der Waals surface area contributed by atoms with Crippen LogP contribution in [0.15, 0.2) is 0 Å². The van der Waals surface area contributed by atoms with Gasteiger partial charge >= 0.3 is 6.09 Å². The highest BCUT2D eigenvalue weighted by molar-refractivity contribution is 5.68. The van der Waals surface area contributed by atoms with Crippen LogP contribution in [0.5, 0.6) is 0 Å². The first kappa shape index (κ1) is 16.1. The zero-order valence-electron chi connectivity index (χ0n) is 14.4. The number of hydrogen-bond donors (Lipinski definition) is 2. The second kappa shape index (κ2) is 6.38. The molecule has 0 aromatic carbocycles. The monoisotopic (exact) mass is 308 g/mol. The molecule has 0 heterocycles. The lowest BCUT2D eigenvalue weighted by Crippen LogP contribution is -2.55. The van der Waals surface area contributed by atoms with Crippen molar-refractivity contribution in [1.29, 1.82) is 0 Å². The molecule has 2 unspecified atom stereocenters. The maximum atomic E-state index is 11.7. The second-order valence-electron chi connectivity index (χ2n) is 8.64. The molecule has 2 N–H and O–H groups in total. The fraction of sp³-hybridized carbons (Fsp3) is 0.944. The highest BCUT2D eigenvalue weighted by Crippen LogP contribution is 2.44. The van der Waals surface area contributed by atoms with Crippen LogP contribution >= 0.6 is 0 Å². The Kier molecular flexibility index (Phi) is 4.67. The van der Waals surface area contributed by atoms with Gasteiger partial charge in [0.2, 0.25) is 0 Å². The first-order chi connectivity index (χ1) is 10.4. The molecule has 2 atom stereocenters. The molecular weight excluding hydrogens is 276 g/mol. The zero-order valence-corrected chi connectivity index (χ0v) is 14.4. The average molecular weight is 308 g/mol. The minimum atomic E-state index is -0.411. The quantitative estimate of drug-likeness (QED) is 0.834. The molecule has 0 aromatic heterocycles. The molecule has 1 amide bonds. The molecule has 0 spiro atoms. The summed E-state index contributed by atoms with van der Waals surface area (Å²) in [4.78, 5) is 11.7. The van der Waals surface area contributed by atoms with Gasteiger partial charge in [0.05, 0.1) is 0 Å². The summed E-state index contributed by atoms with van der Waals surface area (Å²) in [5.74, 6) is 2.04. The lowest BCUT2D eigenvalue weighted by atomic mass is 9.80. The molecule has 3 aliphatic rings. The average Bonchev–Trinajstić information content (AvgIpc) is 3.18. The van der Waals surface area contributed by atoms with Gasteiger partial charge in [-0.3, -0.25) is 0 Å². The molecule has 3 fully saturated rings. The molecule has 0 bridgehead atoms. The molecule has 4 nitrogen and oxygen atoms in total. The highest BCUT2D eigenvalue weighted by atomic mass is 16.6. The van der Waals surface area contributed by atoms with Gasteiger partial charge in [-0.15, -0.1) is 0 Å². The Morgan fingerprint density at radius 2 is 1.64 bits per heavy atom. The lowest BCUT2D eigenvalue weighted by Gasteiger charge is -2.41. The molecule has 0 radical (unpaired) electrons. The molecule has 0 aromatic rings. The van der Waals surface area contributed by atoms with Crippen molar-refractivity contribution in [3.63, 3.8) is 0 Å². The molecule has 3 aliphatic carbocycles. The van der Waals surface area contributed by atoms with E-state index in [1.807, 2.05) is 20.8 Å². The Bertz CT molecular complexity index is 394. The van der Waals surface area contributed by atoms with Crippen LogP contribution in [0.4, 0.5) is 4.79 Å². The fourth-order valence-corrected chi connectivity index (χ4v) is 4.05. The molecule has 3 rings (SSSR count). The first-order valence-electron chi connectivity index (χ1n) is 9.14. The largest absolute Gasteiger partial charge is 0.444 e. The smallest absolute Gasteiger partial charge is 0.407 e. The molecular formula is C18H32N2O2. The lowest BCUT2D eigenvalue weighted by molar-refractivity contribution is 0.0460. The highest BCUT2D eigenvalue weighted by Gasteiger charge is 2.37. The summed E-state index contributed by atoms with van der Waals surface area (Å²) in [5, 5.41) is 6.80. The van der Waals surface area contributed by atoms with Gasteiger partial charge in [0.25, 0.3) is 0 Å². The van der Waals surface area contributed by atoms with Gasteiger partial charge in [0.1, 0.15) is 5.60 Å². The van der Waals surface area contributed by atoms with E-state index in [1.54, 1.807) is 0 Å². The Labute approximate surface area is 134 Å². The van der Waals surface area contributed by atoms with Crippen molar-refractivity contribution in [2.75, 3.05) is 0 Å². The van der Waals surface area contributed by atoms with E-state index >= 15 is 0 Å². The number of amides is 1. The Hall–Kier alpha value is -0.770. The van der Waals surface area contributed by atoms with Gasteiger partial charge in [0, 0.05) is 18.1 Å². The van der Waals surface area contributed by atoms with Gasteiger partial charge in [-0.25, -0.2) is 4.79 Å². The third-order valence-corrected chi connectivity index (χ3v) is 5.33. The van der Waals surface area contributed by atoms with E-state index in [9.17, 15) is 4.79 Å². The van der Waals surface area contributed by atoms with E-state index in [-0.39, 0.29) is 12.1 Å². The minimum Gasteiger partial charge on any atom is -0.444 e. The maximum Gasteiger partial charge on any atom is 0.407 e. The summed E-state index contributed by atoms with van der Waals surface area (Å²) in [6.45, 7) is 5.70. The van der Waals surface area contributed by atoms with Crippen LogP contribution in [0.2, 0.25) is 0 Å². The number of hydrogen-bond acceptors (Lipinski definition) is 3. The third kappa shape index (κ3) is 4.61. The summed E-state index contributed by atoms with van der Waals surface area (Å²) >= 11 is 0. The zero-order chi connectivity index (χ0) is 15.7. The Morgan fingerprint density at radius 3 is 2.27 bits per heavy atom. The van der Waals surface area contributed by atoms with E-state index in [4.69, 9.17) is 4.74 Å². The summed E-state index contributed by atoms with van der Waals surface area (Å²) in [6.07, 6.45) is 10.3. The van der Waals surface area contributed by atoms with E-state index in [1.165, 1.54) is 38.5 Å². The SMILES string of the molecule is CC(C)(C)OC(=O)NC1CC(NC2CCCC(C3CC3)C2)C1. The maximum absolute atomic E-state index is 11.7. The molecule has 22 heavy (non-hydrogen) atoms. The van der Waals surface area contributed by atoms with Crippen molar-refractivity contribution in [3.8, 4) is 0 Å². The minimum absolute atomic E-state index is 0.276. The van der Waals surface area contributed by atoms with Gasteiger partial charge in [-0.1, -0.05) is 12.8 Å². The van der Waals surface area contributed by atoms with Crippen LogP contribution < -0.4 is 10.6 Å². The van der Waals surface area contributed by atoms with Gasteiger partial charge in [-0.2, -0.15) is 0 Å². The predicted molar refractivity (Wildman–Crippen MR) is 87.8 cm³/mol. The number of carbonyl (C=O) groups excluding carboxylic acids is 1. The van der Waals surface area contributed by atoms with Crippen LogP contribution in [0.25, 0.3) is 0 Å².